The highest BCUT2D eigenvalue weighted by molar-refractivity contribution is 5.94. The molecule has 0 unspecified atom stereocenters. The first kappa shape index (κ1) is 18.0. The van der Waals surface area contributed by atoms with Crippen molar-refractivity contribution in [3.63, 3.8) is 0 Å². The maximum atomic E-state index is 12.0. The van der Waals surface area contributed by atoms with Crippen molar-refractivity contribution in [2.75, 3.05) is 5.48 Å². The zero-order valence-electron chi connectivity index (χ0n) is 14.6. The standard InChI is InChI=1S/C21H17N3O3/c1-15-6-5-9-17(14-15)21(26)27-24-19-12-10-18(11-13-19)22-23-20(25)16-7-3-2-4-8-16/h2-14,24H,1H3. The van der Waals surface area contributed by atoms with Crippen LogP contribution in [0.5, 0.6) is 0 Å². The number of carbonyl (C=O) groups is 2. The fourth-order valence-corrected chi connectivity index (χ4v) is 2.27. The highest BCUT2D eigenvalue weighted by atomic mass is 16.7. The van der Waals surface area contributed by atoms with Crippen LogP contribution in [0.1, 0.15) is 26.3 Å². The van der Waals surface area contributed by atoms with Gasteiger partial charge >= 0.3 is 5.97 Å². The topological polar surface area (TPSA) is 80.1 Å². The van der Waals surface area contributed by atoms with Gasteiger partial charge in [0.1, 0.15) is 0 Å². The van der Waals surface area contributed by atoms with Crippen molar-refractivity contribution in [2.45, 2.75) is 6.92 Å². The second-order valence-corrected chi connectivity index (χ2v) is 5.78. The van der Waals surface area contributed by atoms with Crippen molar-refractivity contribution >= 4 is 23.3 Å². The first-order chi connectivity index (χ1) is 13.1. The van der Waals surface area contributed by atoms with Crippen LogP contribution in [-0.4, -0.2) is 11.9 Å². The monoisotopic (exact) mass is 359 g/mol. The van der Waals surface area contributed by atoms with Gasteiger partial charge in [0, 0.05) is 5.56 Å². The van der Waals surface area contributed by atoms with E-state index in [-0.39, 0.29) is 0 Å². The van der Waals surface area contributed by atoms with E-state index in [1.165, 1.54) is 0 Å². The lowest BCUT2D eigenvalue weighted by Gasteiger charge is -2.07. The summed E-state index contributed by atoms with van der Waals surface area (Å²) in [5.41, 5.74) is 5.59. The van der Waals surface area contributed by atoms with E-state index in [4.69, 9.17) is 4.84 Å². The molecule has 0 radical (unpaired) electrons. The molecule has 0 spiro atoms. The summed E-state index contributed by atoms with van der Waals surface area (Å²) in [5.74, 6) is -0.888. The van der Waals surface area contributed by atoms with Crippen LogP contribution in [0.2, 0.25) is 0 Å². The third-order valence-corrected chi connectivity index (χ3v) is 3.66. The third-order valence-electron chi connectivity index (χ3n) is 3.66. The molecule has 0 aliphatic carbocycles. The Labute approximate surface area is 156 Å². The van der Waals surface area contributed by atoms with E-state index in [0.29, 0.717) is 22.5 Å². The van der Waals surface area contributed by atoms with E-state index < -0.39 is 11.9 Å². The van der Waals surface area contributed by atoms with Gasteiger partial charge in [-0.1, -0.05) is 35.9 Å². The van der Waals surface area contributed by atoms with Crippen LogP contribution < -0.4 is 5.48 Å². The summed E-state index contributed by atoms with van der Waals surface area (Å²) in [6.45, 7) is 1.90. The Morgan fingerprint density at radius 1 is 0.852 bits per heavy atom. The molecule has 3 aromatic rings. The molecule has 1 amide bonds. The number of nitrogens with zero attached hydrogens (tertiary/aromatic N) is 2. The van der Waals surface area contributed by atoms with Gasteiger partial charge in [0.2, 0.25) is 0 Å². The molecule has 0 bridgehead atoms. The fraction of sp³-hybridized carbons (Fsp3) is 0.0476. The van der Waals surface area contributed by atoms with E-state index in [1.54, 1.807) is 66.7 Å². The number of rotatable bonds is 5. The minimum Gasteiger partial charge on any atom is -0.338 e. The van der Waals surface area contributed by atoms with Crippen molar-refractivity contribution in [2.24, 2.45) is 10.2 Å². The van der Waals surface area contributed by atoms with Crippen molar-refractivity contribution in [1.82, 2.24) is 0 Å². The van der Waals surface area contributed by atoms with Gasteiger partial charge in [-0.25, -0.2) is 10.3 Å². The molecule has 6 nitrogen and oxygen atoms in total. The number of benzene rings is 3. The van der Waals surface area contributed by atoms with Crippen molar-refractivity contribution < 1.29 is 14.4 Å². The molecule has 0 aliphatic rings. The van der Waals surface area contributed by atoms with Gasteiger partial charge in [0.05, 0.1) is 16.9 Å². The van der Waals surface area contributed by atoms with Gasteiger partial charge in [-0.3, -0.25) is 4.79 Å². The number of carbonyl (C=O) groups excluding carboxylic acids is 2. The summed E-state index contributed by atoms with van der Waals surface area (Å²) in [4.78, 5) is 29.0. The Hall–Kier alpha value is -3.80. The Balaban J connectivity index is 1.56. The fourth-order valence-electron chi connectivity index (χ4n) is 2.27. The highest BCUT2D eigenvalue weighted by Crippen LogP contribution is 2.18. The van der Waals surface area contributed by atoms with Gasteiger partial charge in [-0.15, -0.1) is 10.2 Å². The average Bonchev–Trinajstić information content (AvgIpc) is 2.71. The molecular weight excluding hydrogens is 342 g/mol. The molecule has 0 heterocycles. The molecule has 0 fully saturated rings. The van der Waals surface area contributed by atoms with E-state index >= 15 is 0 Å². The molecule has 1 N–H and O–H groups in total. The summed E-state index contributed by atoms with van der Waals surface area (Å²) in [6, 6.07) is 22.5. The lowest BCUT2D eigenvalue weighted by atomic mass is 10.1. The molecular formula is C21H17N3O3. The van der Waals surface area contributed by atoms with Gasteiger partial charge in [0.25, 0.3) is 5.91 Å². The second-order valence-electron chi connectivity index (χ2n) is 5.78. The average molecular weight is 359 g/mol. The van der Waals surface area contributed by atoms with E-state index in [1.807, 2.05) is 19.1 Å². The van der Waals surface area contributed by atoms with Gasteiger partial charge in [-0.05, 0) is 55.5 Å². The maximum absolute atomic E-state index is 12.0. The number of amides is 1. The normalized spacial score (nSPS) is 10.6. The SMILES string of the molecule is Cc1cccc(C(=O)ONc2ccc(N=NC(=O)c3ccccc3)cc2)c1. The Morgan fingerprint density at radius 3 is 2.26 bits per heavy atom. The van der Waals surface area contributed by atoms with E-state index in [9.17, 15) is 9.59 Å². The number of azo groups is 1. The van der Waals surface area contributed by atoms with Crippen LogP contribution in [0.25, 0.3) is 0 Å². The van der Waals surface area contributed by atoms with Crippen molar-refractivity contribution in [3.8, 4) is 0 Å². The summed E-state index contributed by atoms with van der Waals surface area (Å²) in [6.07, 6.45) is 0. The van der Waals surface area contributed by atoms with Crippen LogP contribution in [0, 0.1) is 6.92 Å². The Kier molecular flexibility index (Phi) is 5.69. The summed E-state index contributed by atoms with van der Waals surface area (Å²) >= 11 is 0. The van der Waals surface area contributed by atoms with Crippen LogP contribution in [-0.2, 0) is 4.84 Å². The highest BCUT2D eigenvalue weighted by Gasteiger charge is 2.07. The quantitative estimate of drug-likeness (QED) is 0.507. The number of anilines is 1. The molecule has 0 saturated heterocycles. The Bertz CT molecular complexity index is 967. The van der Waals surface area contributed by atoms with Crippen molar-refractivity contribution in [3.05, 3.63) is 95.6 Å². The lowest BCUT2D eigenvalue weighted by molar-refractivity contribution is 0.0596. The smallest absolute Gasteiger partial charge is 0.338 e. The predicted octanol–water partition coefficient (Wildman–Crippen LogP) is 5.10. The van der Waals surface area contributed by atoms with Crippen LogP contribution >= 0.6 is 0 Å². The number of hydrogen-bond donors (Lipinski definition) is 1. The van der Waals surface area contributed by atoms with Crippen LogP contribution in [0.3, 0.4) is 0 Å². The molecule has 0 atom stereocenters. The van der Waals surface area contributed by atoms with Gasteiger partial charge < -0.3 is 4.84 Å². The van der Waals surface area contributed by atoms with Crippen LogP contribution in [0.15, 0.2) is 89.1 Å². The zero-order chi connectivity index (χ0) is 19.1. The lowest BCUT2D eigenvalue weighted by Crippen LogP contribution is -2.10. The first-order valence-electron chi connectivity index (χ1n) is 8.27. The molecule has 27 heavy (non-hydrogen) atoms. The number of nitrogens with one attached hydrogen (secondary N) is 1. The summed E-state index contributed by atoms with van der Waals surface area (Å²) in [7, 11) is 0. The number of hydrogen-bond acceptors (Lipinski definition) is 5. The second kappa shape index (κ2) is 8.53. The molecule has 134 valence electrons. The molecule has 3 rings (SSSR count). The van der Waals surface area contributed by atoms with Crippen LogP contribution in [0.4, 0.5) is 11.4 Å². The minimum atomic E-state index is -0.476. The molecule has 0 saturated carbocycles. The Morgan fingerprint density at radius 2 is 1.56 bits per heavy atom. The minimum absolute atomic E-state index is 0.412. The maximum Gasteiger partial charge on any atom is 0.362 e. The van der Waals surface area contributed by atoms with Gasteiger partial charge in [0.15, 0.2) is 0 Å². The largest absolute Gasteiger partial charge is 0.362 e. The molecule has 3 aromatic carbocycles. The third kappa shape index (κ3) is 5.09. The van der Waals surface area contributed by atoms with Crippen molar-refractivity contribution in [1.29, 1.82) is 0 Å². The number of aryl methyl sites for hydroxylation is 1. The predicted molar refractivity (Wildman–Crippen MR) is 102 cm³/mol. The van der Waals surface area contributed by atoms with E-state index in [2.05, 4.69) is 15.7 Å². The molecule has 0 aromatic heterocycles. The zero-order valence-corrected chi connectivity index (χ0v) is 14.6. The van der Waals surface area contributed by atoms with Gasteiger partial charge in [-0.2, -0.15) is 0 Å². The summed E-state index contributed by atoms with van der Waals surface area (Å²) in [5, 5.41) is 7.61. The summed E-state index contributed by atoms with van der Waals surface area (Å²) < 4.78 is 0. The molecule has 6 heteroatoms. The molecule has 0 aliphatic heterocycles. The van der Waals surface area contributed by atoms with E-state index in [0.717, 1.165) is 5.56 Å². The first-order valence-corrected chi connectivity index (χ1v) is 8.27.